The Hall–Kier alpha value is -0.900. The van der Waals surface area contributed by atoms with Gasteiger partial charge in [-0.1, -0.05) is 43.7 Å². The number of nitrogens with one attached hydrogen (secondary N) is 1. The van der Waals surface area contributed by atoms with Crippen LogP contribution in [0.3, 0.4) is 0 Å². The van der Waals surface area contributed by atoms with Gasteiger partial charge in [-0.3, -0.25) is 4.90 Å². The molecule has 0 spiro atoms. The minimum atomic E-state index is 0.119. The molecule has 0 radical (unpaired) electrons. The van der Waals surface area contributed by atoms with E-state index in [0.717, 1.165) is 39.3 Å². The van der Waals surface area contributed by atoms with E-state index in [9.17, 15) is 0 Å². The molecule has 1 aromatic rings. The third kappa shape index (κ3) is 3.65. The zero-order chi connectivity index (χ0) is 15.3. The first kappa shape index (κ1) is 16.5. The average Bonchev–Trinajstić information content (AvgIpc) is 2.52. The van der Waals surface area contributed by atoms with E-state index in [2.05, 4.69) is 62.2 Å². The summed E-state index contributed by atoms with van der Waals surface area (Å²) in [6.07, 6.45) is 1.12. The van der Waals surface area contributed by atoms with Crippen LogP contribution >= 0.6 is 0 Å². The number of hydrogen-bond acceptors (Lipinski definition) is 3. The Balaban J connectivity index is 2.32. The molecule has 1 saturated heterocycles. The Kier molecular flexibility index (Phi) is 5.80. The van der Waals surface area contributed by atoms with E-state index >= 15 is 0 Å². The van der Waals surface area contributed by atoms with E-state index in [4.69, 9.17) is 4.74 Å². The molecule has 0 aromatic heterocycles. The van der Waals surface area contributed by atoms with Crippen molar-refractivity contribution < 1.29 is 4.74 Å². The van der Waals surface area contributed by atoms with E-state index in [1.165, 1.54) is 11.1 Å². The van der Waals surface area contributed by atoms with Gasteiger partial charge in [0.15, 0.2) is 0 Å². The fraction of sp³-hybridized carbons (Fsp3) is 0.667. The Labute approximate surface area is 129 Å². The predicted molar refractivity (Wildman–Crippen MR) is 88.7 cm³/mol. The molecule has 3 heteroatoms. The first-order valence-electron chi connectivity index (χ1n) is 8.24. The molecule has 0 bridgehead atoms. The number of aryl methyl sites for hydroxylation is 1. The molecule has 2 rings (SSSR count). The molecule has 3 nitrogen and oxygen atoms in total. The predicted octanol–water partition coefficient (Wildman–Crippen LogP) is 3.15. The van der Waals surface area contributed by atoms with Crippen molar-refractivity contribution in [1.29, 1.82) is 0 Å². The monoisotopic (exact) mass is 290 g/mol. The lowest BCUT2D eigenvalue weighted by atomic mass is 9.82. The number of hydrogen-bond donors (Lipinski definition) is 1. The Morgan fingerprint density at radius 2 is 2.00 bits per heavy atom. The van der Waals surface area contributed by atoms with Crippen LogP contribution in [-0.2, 0) is 4.74 Å². The largest absolute Gasteiger partial charge is 0.379 e. The van der Waals surface area contributed by atoms with Crippen LogP contribution in [0.1, 0.15) is 44.4 Å². The van der Waals surface area contributed by atoms with Crippen molar-refractivity contribution in [2.45, 2.75) is 45.7 Å². The van der Waals surface area contributed by atoms with Crippen molar-refractivity contribution in [2.75, 3.05) is 32.8 Å². The van der Waals surface area contributed by atoms with Crippen molar-refractivity contribution in [3.63, 3.8) is 0 Å². The number of rotatable bonds is 6. The van der Waals surface area contributed by atoms with E-state index in [0.29, 0.717) is 6.04 Å². The molecule has 0 aliphatic carbocycles. The highest BCUT2D eigenvalue weighted by molar-refractivity contribution is 5.28. The molecule has 1 aliphatic rings. The van der Waals surface area contributed by atoms with Gasteiger partial charge in [-0.25, -0.2) is 0 Å². The second-order valence-electron chi connectivity index (χ2n) is 6.21. The summed E-state index contributed by atoms with van der Waals surface area (Å²) < 4.78 is 5.54. The third-order valence-corrected chi connectivity index (χ3v) is 4.85. The molecule has 1 aliphatic heterocycles. The first-order valence-corrected chi connectivity index (χ1v) is 8.24. The molecule has 0 amide bonds. The zero-order valence-corrected chi connectivity index (χ0v) is 14.0. The number of ether oxygens (including phenoxy) is 1. The smallest absolute Gasteiger partial charge is 0.0594 e. The van der Waals surface area contributed by atoms with E-state index in [-0.39, 0.29) is 5.54 Å². The summed E-state index contributed by atoms with van der Waals surface area (Å²) in [5.74, 6) is 0. The third-order valence-electron chi connectivity index (χ3n) is 4.85. The van der Waals surface area contributed by atoms with Gasteiger partial charge in [0.05, 0.1) is 19.3 Å². The molecule has 1 aromatic carbocycles. The molecule has 0 saturated carbocycles. The molecular formula is C18H30N2O. The van der Waals surface area contributed by atoms with Crippen LogP contribution in [0, 0.1) is 6.92 Å². The van der Waals surface area contributed by atoms with E-state index < -0.39 is 0 Å². The molecule has 21 heavy (non-hydrogen) atoms. The quantitative estimate of drug-likeness (QED) is 0.871. The standard InChI is InChI=1S/C18H30N2O/c1-5-18(4,20-10-12-21-13-11-20)17(19-6-2)16-9-7-8-15(3)14-16/h7-9,14,17,19H,5-6,10-13H2,1-4H3. The van der Waals surface area contributed by atoms with Crippen molar-refractivity contribution in [1.82, 2.24) is 10.2 Å². The molecule has 2 unspecified atom stereocenters. The second kappa shape index (κ2) is 7.39. The molecule has 1 N–H and O–H groups in total. The number of morpholine rings is 1. The number of likely N-dealkylation sites (N-methyl/N-ethyl adjacent to an activating group) is 1. The van der Waals surface area contributed by atoms with Crippen LogP contribution in [0.25, 0.3) is 0 Å². The van der Waals surface area contributed by atoms with Crippen LogP contribution < -0.4 is 5.32 Å². The van der Waals surface area contributed by atoms with Gasteiger partial charge in [-0.15, -0.1) is 0 Å². The van der Waals surface area contributed by atoms with E-state index in [1.807, 2.05) is 0 Å². The van der Waals surface area contributed by atoms with Gasteiger partial charge >= 0.3 is 0 Å². The minimum Gasteiger partial charge on any atom is -0.379 e. The first-order chi connectivity index (χ1) is 10.1. The van der Waals surface area contributed by atoms with Crippen LogP contribution in [0.5, 0.6) is 0 Å². The molecule has 1 heterocycles. The van der Waals surface area contributed by atoms with Crippen molar-refractivity contribution in [2.24, 2.45) is 0 Å². The Morgan fingerprint density at radius 3 is 2.57 bits per heavy atom. The maximum atomic E-state index is 5.54. The van der Waals surface area contributed by atoms with Crippen molar-refractivity contribution in [3.05, 3.63) is 35.4 Å². The maximum Gasteiger partial charge on any atom is 0.0594 e. The van der Waals surface area contributed by atoms with Gasteiger partial charge in [-0.05, 0) is 32.4 Å². The van der Waals surface area contributed by atoms with Gasteiger partial charge in [0.1, 0.15) is 0 Å². The highest BCUT2D eigenvalue weighted by atomic mass is 16.5. The van der Waals surface area contributed by atoms with Crippen molar-refractivity contribution >= 4 is 0 Å². The van der Waals surface area contributed by atoms with E-state index in [1.54, 1.807) is 0 Å². The van der Waals surface area contributed by atoms with Gasteiger partial charge in [-0.2, -0.15) is 0 Å². The molecular weight excluding hydrogens is 260 g/mol. The van der Waals surface area contributed by atoms with Gasteiger partial charge in [0.2, 0.25) is 0 Å². The van der Waals surface area contributed by atoms with Crippen LogP contribution in [0.2, 0.25) is 0 Å². The molecule has 118 valence electrons. The highest BCUT2D eigenvalue weighted by Gasteiger charge is 2.39. The summed E-state index contributed by atoms with van der Waals surface area (Å²) in [4.78, 5) is 2.60. The summed E-state index contributed by atoms with van der Waals surface area (Å²) >= 11 is 0. The Bertz CT molecular complexity index is 443. The summed E-state index contributed by atoms with van der Waals surface area (Å²) in [5, 5.41) is 3.73. The number of nitrogens with zero attached hydrogens (tertiary/aromatic N) is 1. The fourth-order valence-corrected chi connectivity index (χ4v) is 3.44. The van der Waals surface area contributed by atoms with Crippen LogP contribution in [0.4, 0.5) is 0 Å². The molecule has 1 fully saturated rings. The lowest BCUT2D eigenvalue weighted by Gasteiger charge is -2.48. The minimum absolute atomic E-state index is 0.119. The van der Waals surface area contributed by atoms with Gasteiger partial charge in [0, 0.05) is 18.6 Å². The topological polar surface area (TPSA) is 24.5 Å². The van der Waals surface area contributed by atoms with Gasteiger partial charge < -0.3 is 10.1 Å². The Morgan fingerprint density at radius 1 is 1.29 bits per heavy atom. The average molecular weight is 290 g/mol. The lowest BCUT2D eigenvalue weighted by molar-refractivity contribution is -0.0327. The summed E-state index contributed by atoms with van der Waals surface area (Å²) in [6.45, 7) is 13.8. The fourth-order valence-electron chi connectivity index (χ4n) is 3.44. The zero-order valence-electron chi connectivity index (χ0n) is 14.0. The van der Waals surface area contributed by atoms with Crippen LogP contribution in [-0.4, -0.2) is 43.3 Å². The van der Waals surface area contributed by atoms with Crippen LogP contribution in [0.15, 0.2) is 24.3 Å². The second-order valence-corrected chi connectivity index (χ2v) is 6.21. The SMILES string of the molecule is CCNC(c1cccc(C)c1)C(C)(CC)N1CCOCC1. The number of benzene rings is 1. The van der Waals surface area contributed by atoms with Crippen molar-refractivity contribution in [3.8, 4) is 0 Å². The summed E-state index contributed by atoms with van der Waals surface area (Å²) in [5.41, 5.74) is 2.84. The summed E-state index contributed by atoms with van der Waals surface area (Å²) in [6, 6.07) is 9.27. The lowest BCUT2D eigenvalue weighted by Crippen LogP contribution is -2.57. The van der Waals surface area contributed by atoms with Gasteiger partial charge in [0.25, 0.3) is 0 Å². The maximum absolute atomic E-state index is 5.54. The molecule has 2 atom stereocenters. The summed E-state index contributed by atoms with van der Waals surface area (Å²) in [7, 11) is 0. The normalized spacial score (nSPS) is 21.0. The highest BCUT2D eigenvalue weighted by Crippen LogP contribution is 2.35.